The van der Waals surface area contributed by atoms with Crippen molar-refractivity contribution in [1.29, 1.82) is 0 Å². The zero-order chi connectivity index (χ0) is 23.3. The second-order valence-electron chi connectivity index (χ2n) is 7.42. The number of thioether (sulfide) groups is 1. The molecule has 1 aliphatic heterocycles. The number of amides is 2. The highest BCUT2D eigenvalue weighted by Gasteiger charge is 2.34. The summed E-state index contributed by atoms with van der Waals surface area (Å²) in [7, 11) is 0. The number of ether oxygens (including phenoxy) is 2. The molecule has 1 atom stereocenters. The summed E-state index contributed by atoms with van der Waals surface area (Å²) in [5.41, 5.74) is 3.00. The van der Waals surface area contributed by atoms with E-state index >= 15 is 0 Å². The molecule has 2 amide bonds. The fourth-order valence-corrected chi connectivity index (χ4v) is 4.53. The first-order valence-electron chi connectivity index (χ1n) is 10.2. The van der Waals surface area contributed by atoms with Gasteiger partial charge < -0.3 is 14.8 Å². The van der Waals surface area contributed by atoms with E-state index in [4.69, 9.17) is 21.1 Å². The predicted octanol–water partition coefficient (Wildman–Crippen LogP) is 4.81. The average molecular weight is 476 g/mol. The molecule has 2 aromatic rings. The van der Waals surface area contributed by atoms with E-state index in [2.05, 4.69) is 16.5 Å². The van der Waals surface area contributed by atoms with Gasteiger partial charge in [0.05, 0.1) is 13.2 Å². The number of benzene rings is 2. The zero-order valence-corrected chi connectivity index (χ0v) is 20.0. The molecule has 0 aliphatic carbocycles. The van der Waals surface area contributed by atoms with Crippen molar-refractivity contribution in [1.82, 2.24) is 10.3 Å². The smallest absolute Gasteiger partial charge is 0.241 e. The lowest BCUT2D eigenvalue weighted by Gasteiger charge is -2.22. The van der Waals surface area contributed by atoms with Crippen LogP contribution in [0.5, 0.6) is 11.5 Å². The SMILES string of the molecule is CC(=O)NC1=NN(C(C)=O)[C@H](c2cc(Cl)ccc2OCCCOc2ccc(C)cc2C)S1. The first-order valence-corrected chi connectivity index (χ1v) is 11.5. The van der Waals surface area contributed by atoms with Gasteiger partial charge in [-0.2, -0.15) is 0 Å². The van der Waals surface area contributed by atoms with Crippen LogP contribution in [0.2, 0.25) is 5.02 Å². The Kier molecular flexibility index (Phi) is 8.04. The molecule has 1 heterocycles. The Balaban J connectivity index is 1.64. The Bertz CT molecular complexity index is 1040. The van der Waals surface area contributed by atoms with E-state index in [1.54, 1.807) is 18.2 Å². The molecule has 170 valence electrons. The Morgan fingerprint density at radius 2 is 1.78 bits per heavy atom. The summed E-state index contributed by atoms with van der Waals surface area (Å²) in [5, 5.41) is 8.56. The van der Waals surface area contributed by atoms with Gasteiger partial charge in [0.15, 0.2) is 5.17 Å². The third-order valence-corrected chi connectivity index (χ3v) is 5.94. The highest BCUT2D eigenvalue weighted by molar-refractivity contribution is 8.14. The highest BCUT2D eigenvalue weighted by Crippen LogP contribution is 2.43. The first kappa shape index (κ1) is 23.9. The van der Waals surface area contributed by atoms with Gasteiger partial charge in [-0.15, -0.1) is 5.10 Å². The Labute approximate surface area is 197 Å². The highest BCUT2D eigenvalue weighted by atomic mass is 35.5. The van der Waals surface area contributed by atoms with Gasteiger partial charge in [0.2, 0.25) is 11.8 Å². The summed E-state index contributed by atoms with van der Waals surface area (Å²) >= 11 is 7.48. The van der Waals surface area contributed by atoms with E-state index in [-0.39, 0.29) is 11.8 Å². The van der Waals surface area contributed by atoms with Crippen LogP contribution in [0, 0.1) is 13.8 Å². The second kappa shape index (κ2) is 10.7. The van der Waals surface area contributed by atoms with Crippen LogP contribution in [0.15, 0.2) is 41.5 Å². The minimum atomic E-state index is -0.491. The van der Waals surface area contributed by atoms with Gasteiger partial charge in [-0.05, 0) is 43.7 Å². The number of nitrogens with zero attached hydrogens (tertiary/aromatic N) is 2. The number of hydrogen-bond donors (Lipinski definition) is 1. The van der Waals surface area contributed by atoms with Gasteiger partial charge in [0.25, 0.3) is 0 Å². The van der Waals surface area contributed by atoms with E-state index in [1.165, 1.54) is 36.2 Å². The zero-order valence-electron chi connectivity index (χ0n) is 18.5. The molecule has 9 heteroatoms. The van der Waals surface area contributed by atoms with Crippen molar-refractivity contribution in [3.8, 4) is 11.5 Å². The van der Waals surface area contributed by atoms with Crippen LogP contribution in [-0.4, -0.2) is 35.2 Å². The summed E-state index contributed by atoms with van der Waals surface area (Å²) in [6.45, 7) is 7.83. The molecule has 1 N–H and O–H groups in total. The van der Waals surface area contributed by atoms with Gasteiger partial charge in [-0.3, -0.25) is 9.59 Å². The molecule has 0 saturated heterocycles. The molecular weight excluding hydrogens is 450 g/mol. The van der Waals surface area contributed by atoms with Crippen LogP contribution >= 0.6 is 23.4 Å². The fraction of sp³-hybridized carbons (Fsp3) is 0.348. The number of aryl methyl sites for hydroxylation is 2. The van der Waals surface area contributed by atoms with E-state index in [1.807, 2.05) is 26.0 Å². The number of amidine groups is 1. The summed E-state index contributed by atoms with van der Waals surface area (Å²) < 4.78 is 11.9. The van der Waals surface area contributed by atoms with Crippen LogP contribution in [0.1, 0.15) is 42.3 Å². The summed E-state index contributed by atoms with van der Waals surface area (Å²) in [6.07, 6.45) is 0.678. The molecule has 0 aromatic heterocycles. The first-order chi connectivity index (χ1) is 15.2. The minimum Gasteiger partial charge on any atom is -0.493 e. The van der Waals surface area contributed by atoms with Crippen LogP contribution in [0.4, 0.5) is 0 Å². The maximum absolute atomic E-state index is 12.1. The van der Waals surface area contributed by atoms with Crippen molar-refractivity contribution < 1.29 is 19.1 Å². The van der Waals surface area contributed by atoms with Crippen molar-refractivity contribution >= 4 is 40.3 Å². The van der Waals surface area contributed by atoms with Gasteiger partial charge in [0.1, 0.15) is 16.9 Å². The lowest BCUT2D eigenvalue weighted by Crippen LogP contribution is -2.25. The van der Waals surface area contributed by atoms with E-state index in [0.29, 0.717) is 41.1 Å². The van der Waals surface area contributed by atoms with Crippen molar-refractivity contribution in [3.63, 3.8) is 0 Å². The number of carbonyl (C=O) groups is 2. The number of nitrogens with one attached hydrogen (secondary N) is 1. The lowest BCUT2D eigenvalue weighted by atomic mass is 10.1. The second-order valence-corrected chi connectivity index (χ2v) is 8.93. The predicted molar refractivity (Wildman–Crippen MR) is 127 cm³/mol. The molecule has 1 aliphatic rings. The molecule has 7 nitrogen and oxygen atoms in total. The molecule has 0 spiro atoms. The van der Waals surface area contributed by atoms with E-state index in [9.17, 15) is 9.59 Å². The minimum absolute atomic E-state index is 0.254. The molecule has 0 fully saturated rings. The third kappa shape index (κ3) is 6.17. The van der Waals surface area contributed by atoms with Gasteiger partial charge in [-0.25, -0.2) is 5.01 Å². The topological polar surface area (TPSA) is 80.2 Å². The number of carbonyl (C=O) groups excluding carboxylic acids is 2. The summed E-state index contributed by atoms with van der Waals surface area (Å²) in [5.74, 6) is 0.955. The van der Waals surface area contributed by atoms with Gasteiger partial charge in [0, 0.05) is 30.9 Å². The van der Waals surface area contributed by atoms with Gasteiger partial charge in [-0.1, -0.05) is 41.1 Å². The van der Waals surface area contributed by atoms with Crippen molar-refractivity contribution in [2.75, 3.05) is 13.2 Å². The summed E-state index contributed by atoms with van der Waals surface area (Å²) in [6, 6.07) is 11.4. The number of hydrazone groups is 1. The number of halogens is 1. The van der Waals surface area contributed by atoms with E-state index < -0.39 is 5.37 Å². The summed E-state index contributed by atoms with van der Waals surface area (Å²) in [4.78, 5) is 23.6. The van der Waals surface area contributed by atoms with E-state index in [0.717, 1.165) is 11.3 Å². The quantitative estimate of drug-likeness (QED) is 0.581. The van der Waals surface area contributed by atoms with Crippen molar-refractivity contribution in [3.05, 3.63) is 58.1 Å². The average Bonchev–Trinajstić information content (AvgIpc) is 3.13. The Morgan fingerprint density at radius 3 is 2.44 bits per heavy atom. The molecule has 3 rings (SSSR count). The van der Waals surface area contributed by atoms with Crippen LogP contribution < -0.4 is 14.8 Å². The van der Waals surface area contributed by atoms with Crippen molar-refractivity contribution in [2.24, 2.45) is 5.10 Å². The number of hydrogen-bond acceptors (Lipinski definition) is 6. The molecular formula is C23H26ClN3O4S. The maximum Gasteiger partial charge on any atom is 0.241 e. The molecule has 2 aromatic carbocycles. The van der Waals surface area contributed by atoms with Crippen LogP contribution in [0.3, 0.4) is 0 Å². The monoisotopic (exact) mass is 475 g/mol. The standard InChI is InChI=1S/C23H26ClN3O4S/c1-14-6-8-20(15(2)12-14)30-10-5-11-31-21-9-7-18(24)13-19(21)22-27(17(4)29)26-23(32-22)25-16(3)28/h6-9,12-13,22H,5,10-11H2,1-4H3,(H,25,26,28)/t22-/m0/s1. The fourth-order valence-electron chi connectivity index (χ4n) is 3.19. The molecule has 32 heavy (non-hydrogen) atoms. The van der Waals surface area contributed by atoms with Gasteiger partial charge >= 0.3 is 0 Å². The Hall–Kier alpha value is -2.71. The number of rotatable bonds is 7. The normalized spacial score (nSPS) is 15.3. The van der Waals surface area contributed by atoms with Crippen LogP contribution in [-0.2, 0) is 9.59 Å². The Morgan fingerprint density at radius 1 is 1.09 bits per heavy atom. The molecule has 0 radical (unpaired) electrons. The lowest BCUT2D eigenvalue weighted by molar-refractivity contribution is -0.129. The van der Waals surface area contributed by atoms with Crippen LogP contribution in [0.25, 0.3) is 0 Å². The maximum atomic E-state index is 12.1. The third-order valence-electron chi connectivity index (χ3n) is 4.62. The van der Waals surface area contributed by atoms with Crippen molar-refractivity contribution in [2.45, 2.75) is 39.5 Å². The largest absolute Gasteiger partial charge is 0.493 e. The molecule has 0 unspecified atom stereocenters. The molecule has 0 saturated carbocycles. The molecule has 0 bridgehead atoms.